The number of esters is 1. The molecule has 2 amide bonds. The number of para-hydroxylation sites is 1. The van der Waals surface area contributed by atoms with Gasteiger partial charge in [-0.05, 0) is 25.8 Å². The van der Waals surface area contributed by atoms with E-state index in [0.29, 0.717) is 18.4 Å². The molecule has 2 aliphatic rings. The summed E-state index contributed by atoms with van der Waals surface area (Å²) in [5.41, 5.74) is 1.25. The van der Waals surface area contributed by atoms with Gasteiger partial charge >= 0.3 is 5.97 Å². The number of amides is 2. The van der Waals surface area contributed by atoms with Crippen LogP contribution in [0.4, 0.5) is 0 Å². The second-order valence-corrected chi connectivity index (χ2v) is 7.16. The third kappa shape index (κ3) is 3.02. The highest BCUT2D eigenvalue weighted by molar-refractivity contribution is 6.10. The summed E-state index contributed by atoms with van der Waals surface area (Å²) >= 11 is 0. The number of ether oxygens (including phenoxy) is 1. The van der Waals surface area contributed by atoms with E-state index in [4.69, 9.17) is 4.74 Å². The zero-order valence-corrected chi connectivity index (χ0v) is 15.4. The van der Waals surface area contributed by atoms with Crippen LogP contribution in [-0.2, 0) is 19.1 Å². The molecule has 2 aromatic rings. The number of carbonyl (C=O) groups is 4. The molecular formula is C21H20N2O5. The van der Waals surface area contributed by atoms with Gasteiger partial charge in [0, 0.05) is 22.7 Å². The number of benzene rings is 1. The summed E-state index contributed by atoms with van der Waals surface area (Å²) in [7, 11) is 0. The summed E-state index contributed by atoms with van der Waals surface area (Å²) in [6.45, 7) is 1.02. The van der Waals surface area contributed by atoms with Gasteiger partial charge in [-0.3, -0.25) is 24.1 Å². The van der Waals surface area contributed by atoms with E-state index < -0.39 is 30.5 Å². The van der Waals surface area contributed by atoms with Crippen LogP contribution in [0.5, 0.6) is 0 Å². The molecule has 1 saturated heterocycles. The number of hydrogen-bond donors (Lipinski definition) is 1. The van der Waals surface area contributed by atoms with Crippen molar-refractivity contribution in [1.29, 1.82) is 0 Å². The lowest BCUT2D eigenvalue weighted by molar-refractivity contribution is -0.154. The smallest absolute Gasteiger partial charge is 0.326 e. The number of aromatic nitrogens is 1. The molecule has 0 saturated carbocycles. The Morgan fingerprint density at radius 1 is 1.14 bits per heavy atom. The van der Waals surface area contributed by atoms with Gasteiger partial charge in [-0.25, -0.2) is 0 Å². The minimum Gasteiger partial charge on any atom is -0.453 e. The number of Topliss-reactive ketones (excluding diaryl/α,β-unsaturated/α-hetero) is 1. The molecule has 1 aliphatic carbocycles. The maximum atomic E-state index is 12.7. The highest BCUT2D eigenvalue weighted by atomic mass is 16.5. The number of ketones is 1. The molecule has 0 bridgehead atoms. The van der Waals surface area contributed by atoms with Crippen LogP contribution in [-0.4, -0.2) is 46.1 Å². The number of allylic oxidation sites excluding steroid dienone is 2. The summed E-state index contributed by atoms with van der Waals surface area (Å²) < 4.78 is 5.23. The second kappa shape index (κ2) is 7.07. The lowest BCUT2D eigenvalue weighted by atomic mass is 9.85. The topological polar surface area (TPSA) is 96.5 Å². The molecule has 0 unspecified atom stereocenters. The van der Waals surface area contributed by atoms with Gasteiger partial charge in [0.25, 0.3) is 0 Å². The Labute approximate surface area is 161 Å². The van der Waals surface area contributed by atoms with Crippen LogP contribution in [0.3, 0.4) is 0 Å². The fourth-order valence-electron chi connectivity index (χ4n) is 3.94. The SMILES string of the molecule is C[C@H](OC(=O)CN1C(=O)[C@H]2CC=CC[C@H]2C1=O)C(=O)c1c[nH]c2ccccc12. The van der Waals surface area contributed by atoms with E-state index >= 15 is 0 Å². The number of rotatable bonds is 5. The highest BCUT2D eigenvalue weighted by Gasteiger charge is 2.47. The van der Waals surface area contributed by atoms with Gasteiger partial charge in [-0.15, -0.1) is 0 Å². The summed E-state index contributed by atoms with van der Waals surface area (Å²) in [6, 6.07) is 7.34. The largest absolute Gasteiger partial charge is 0.453 e. The molecule has 1 aromatic heterocycles. The molecule has 0 radical (unpaired) electrons. The van der Waals surface area contributed by atoms with Crippen LogP contribution in [0.25, 0.3) is 10.9 Å². The minimum atomic E-state index is -1.02. The quantitative estimate of drug-likeness (QED) is 0.371. The van der Waals surface area contributed by atoms with E-state index in [1.54, 1.807) is 6.20 Å². The number of H-pyrrole nitrogens is 1. The van der Waals surface area contributed by atoms with E-state index in [-0.39, 0.29) is 17.6 Å². The Hall–Kier alpha value is -3.22. The van der Waals surface area contributed by atoms with Crippen LogP contribution in [0.1, 0.15) is 30.1 Å². The molecule has 0 spiro atoms. The Balaban J connectivity index is 1.41. The maximum absolute atomic E-state index is 12.7. The molecule has 1 fully saturated rings. The number of fused-ring (bicyclic) bond motifs is 2. The zero-order chi connectivity index (χ0) is 19.8. The molecule has 3 atom stereocenters. The van der Waals surface area contributed by atoms with Gasteiger partial charge in [0.05, 0.1) is 11.8 Å². The Bertz CT molecular complexity index is 979. The van der Waals surface area contributed by atoms with Crippen molar-refractivity contribution in [1.82, 2.24) is 9.88 Å². The summed E-state index contributed by atoms with van der Waals surface area (Å²) in [4.78, 5) is 53.8. The van der Waals surface area contributed by atoms with Crippen molar-refractivity contribution in [2.24, 2.45) is 11.8 Å². The second-order valence-electron chi connectivity index (χ2n) is 7.16. The first kappa shape index (κ1) is 18.2. The van der Waals surface area contributed by atoms with Crippen molar-refractivity contribution in [2.75, 3.05) is 6.54 Å². The van der Waals surface area contributed by atoms with Gasteiger partial charge in [-0.2, -0.15) is 0 Å². The molecular weight excluding hydrogens is 360 g/mol. The van der Waals surface area contributed by atoms with Crippen LogP contribution < -0.4 is 0 Å². The molecule has 144 valence electrons. The summed E-state index contributed by atoms with van der Waals surface area (Å²) in [6.07, 6.45) is 5.35. The van der Waals surface area contributed by atoms with Crippen LogP contribution in [0, 0.1) is 11.8 Å². The molecule has 7 heteroatoms. The number of nitrogens with zero attached hydrogens (tertiary/aromatic N) is 1. The van der Waals surface area contributed by atoms with E-state index in [9.17, 15) is 19.2 Å². The van der Waals surface area contributed by atoms with Gasteiger partial charge in [0.1, 0.15) is 6.54 Å². The van der Waals surface area contributed by atoms with Crippen LogP contribution in [0.15, 0.2) is 42.6 Å². The number of aromatic amines is 1. The molecule has 4 rings (SSSR count). The highest BCUT2D eigenvalue weighted by Crippen LogP contribution is 2.34. The van der Waals surface area contributed by atoms with E-state index in [1.807, 2.05) is 36.4 Å². The molecule has 1 aromatic carbocycles. The Morgan fingerprint density at radius 2 is 1.79 bits per heavy atom. The molecule has 7 nitrogen and oxygen atoms in total. The minimum absolute atomic E-state index is 0.341. The van der Waals surface area contributed by atoms with Gasteiger partial charge in [0.15, 0.2) is 6.10 Å². The average Bonchev–Trinajstić information content (AvgIpc) is 3.23. The van der Waals surface area contributed by atoms with Gasteiger partial charge in [-0.1, -0.05) is 30.4 Å². The first-order chi connectivity index (χ1) is 13.5. The van der Waals surface area contributed by atoms with E-state index in [0.717, 1.165) is 15.8 Å². The van der Waals surface area contributed by atoms with Crippen LogP contribution >= 0.6 is 0 Å². The monoisotopic (exact) mass is 380 g/mol. The first-order valence-corrected chi connectivity index (χ1v) is 9.27. The number of carbonyl (C=O) groups excluding carboxylic acids is 4. The zero-order valence-electron chi connectivity index (χ0n) is 15.4. The van der Waals surface area contributed by atoms with E-state index in [1.165, 1.54) is 6.92 Å². The van der Waals surface area contributed by atoms with Crippen LogP contribution in [0.2, 0.25) is 0 Å². The van der Waals surface area contributed by atoms with Crippen molar-refractivity contribution in [3.63, 3.8) is 0 Å². The van der Waals surface area contributed by atoms with Gasteiger partial charge < -0.3 is 9.72 Å². The van der Waals surface area contributed by atoms with Crippen molar-refractivity contribution >= 4 is 34.5 Å². The third-order valence-electron chi connectivity index (χ3n) is 5.42. The van der Waals surface area contributed by atoms with Crippen molar-refractivity contribution in [2.45, 2.75) is 25.9 Å². The lowest BCUT2D eigenvalue weighted by Crippen LogP contribution is -2.38. The summed E-state index contributed by atoms with van der Waals surface area (Å²) in [5.74, 6) is -2.58. The number of nitrogens with one attached hydrogen (secondary N) is 1. The predicted octanol–water partition coefficient (Wildman–Crippen LogP) is 2.23. The number of imide groups is 1. The van der Waals surface area contributed by atoms with E-state index in [2.05, 4.69) is 4.98 Å². The van der Waals surface area contributed by atoms with Crippen molar-refractivity contribution in [3.05, 3.63) is 48.2 Å². The Morgan fingerprint density at radius 3 is 2.46 bits per heavy atom. The average molecular weight is 380 g/mol. The molecule has 2 heterocycles. The number of likely N-dealkylation sites (tertiary alicyclic amines) is 1. The molecule has 28 heavy (non-hydrogen) atoms. The fourth-order valence-corrected chi connectivity index (χ4v) is 3.94. The predicted molar refractivity (Wildman–Crippen MR) is 100 cm³/mol. The Kier molecular flexibility index (Phi) is 4.58. The first-order valence-electron chi connectivity index (χ1n) is 9.27. The maximum Gasteiger partial charge on any atom is 0.326 e. The fraction of sp³-hybridized carbons (Fsp3) is 0.333. The standard InChI is InChI=1S/C21H20N2O5/c1-12(19(25)16-10-22-17-9-5-4-6-13(16)17)28-18(24)11-23-20(26)14-7-2-3-8-15(14)21(23)27/h2-6,9-10,12,14-15,22H,7-8,11H2,1H3/t12-,14-,15+/m0/s1. The lowest BCUT2D eigenvalue weighted by Gasteiger charge is -2.16. The number of hydrogen-bond acceptors (Lipinski definition) is 5. The van der Waals surface area contributed by atoms with Gasteiger partial charge in [0.2, 0.25) is 17.6 Å². The molecule has 1 N–H and O–H groups in total. The normalized spacial score (nSPS) is 22.4. The summed E-state index contributed by atoms with van der Waals surface area (Å²) in [5, 5.41) is 0.747. The molecule has 1 aliphatic heterocycles. The third-order valence-corrected chi connectivity index (χ3v) is 5.42. The van der Waals surface area contributed by atoms with Crippen molar-refractivity contribution < 1.29 is 23.9 Å². The van der Waals surface area contributed by atoms with Crippen molar-refractivity contribution in [3.8, 4) is 0 Å².